The third kappa shape index (κ3) is 5.52. The predicted molar refractivity (Wildman–Crippen MR) is 133 cm³/mol. The molecule has 9 nitrogen and oxygen atoms in total. The number of hydrogen-bond donors (Lipinski definition) is 4. The highest BCUT2D eigenvalue weighted by atomic mass is 32.1. The Hall–Kier alpha value is -3.37. The summed E-state index contributed by atoms with van der Waals surface area (Å²) in [5.41, 5.74) is 5.32. The number of thiazole rings is 1. The molecule has 10 heteroatoms. The number of nitrogens with two attached hydrogens (primary N) is 2. The lowest BCUT2D eigenvalue weighted by atomic mass is 10.1. The van der Waals surface area contributed by atoms with Crippen LogP contribution in [0.25, 0.3) is 0 Å². The zero-order valence-corrected chi connectivity index (χ0v) is 19.3. The molecule has 1 aromatic carbocycles. The number of nitrogens with zero attached hydrogens (tertiary/aromatic N) is 4. The number of anilines is 2. The second-order valence-electron chi connectivity index (χ2n) is 7.98. The van der Waals surface area contributed by atoms with Crippen LogP contribution in [0.4, 0.5) is 10.8 Å². The van der Waals surface area contributed by atoms with Crippen molar-refractivity contribution >= 4 is 33.9 Å². The Morgan fingerprint density at radius 1 is 1.21 bits per heavy atom. The monoisotopic (exact) mass is 466 g/mol. The van der Waals surface area contributed by atoms with Crippen LogP contribution in [0.1, 0.15) is 54.3 Å². The molecular formula is C23H30N8OS. The highest BCUT2D eigenvalue weighted by Gasteiger charge is 2.28. The summed E-state index contributed by atoms with van der Waals surface area (Å²) < 4.78 is 1.95. The summed E-state index contributed by atoms with van der Waals surface area (Å²) in [6.45, 7) is 1.73. The third-order valence-electron chi connectivity index (χ3n) is 5.87. The van der Waals surface area contributed by atoms with Crippen LogP contribution in [0.2, 0.25) is 0 Å². The number of hydrazone groups is 1. The van der Waals surface area contributed by atoms with Gasteiger partial charge in [-0.15, -0.1) is 11.3 Å². The molecule has 1 aliphatic rings. The molecule has 0 spiro atoms. The molecule has 4 rings (SSSR count). The minimum absolute atomic E-state index is 0.153. The van der Waals surface area contributed by atoms with E-state index in [2.05, 4.69) is 50.4 Å². The Bertz CT molecular complexity index is 1080. The van der Waals surface area contributed by atoms with Crippen molar-refractivity contribution in [2.24, 2.45) is 16.8 Å². The number of amides is 1. The van der Waals surface area contributed by atoms with Gasteiger partial charge in [-0.05, 0) is 49.9 Å². The summed E-state index contributed by atoms with van der Waals surface area (Å²) in [6, 6.07) is 14.4. The van der Waals surface area contributed by atoms with E-state index in [1.165, 1.54) is 17.0 Å². The number of aryl methyl sites for hydroxylation is 1. The minimum Gasteiger partial charge on any atom is -0.363 e. The second kappa shape index (κ2) is 11.0. The van der Waals surface area contributed by atoms with Crippen molar-refractivity contribution in [1.29, 1.82) is 0 Å². The highest BCUT2D eigenvalue weighted by Crippen LogP contribution is 2.37. The third-order valence-corrected chi connectivity index (χ3v) is 6.65. The Kier molecular flexibility index (Phi) is 7.59. The van der Waals surface area contributed by atoms with Crippen LogP contribution in [0.3, 0.4) is 0 Å². The molecule has 1 fully saturated rings. The van der Waals surface area contributed by atoms with E-state index in [0.29, 0.717) is 23.1 Å². The van der Waals surface area contributed by atoms with Gasteiger partial charge in [0.15, 0.2) is 5.13 Å². The van der Waals surface area contributed by atoms with Gasteiger partial charge in [0.1, 0.15) is 11.5 Å². The molecule has 1 saturated heterocycles. The lowest BCUT2D eigenvalue weighted by Gasteiger charge is -2.25. The van der Waals surface area contributed by atoms with E-state index in [1.807, 2.05) is 29.0 Å². The maximum Gasteiger partial charge on any atom is 0.274 e. The minimum atomic E-state index is -0.153. The van der Waals surface area contributed by atoms with E-state index < -0.39 is 0 Å². The van der Waals surface area contributed by atoms with Crippen molar-refractivity contribution in [1.82, 2.24) is 15.0 Å². The maximum absolute atomic E-state index is 12.9. The van der Waals surface area contributed by atoms with Crippen molar-refractivity contribution in [3.63, 3.8) is 0 Å². The Morgan fingerprint density at radius 2 is 2.06 bits per heavy atom. The number of hydrogen-bond acceptors (Lipinski definition) is 7. The second-order valence-corrected chi connectivity index (χ2v) is 8.84. The topological polar surface area (TPSA) is 127 Å². The number of hydrazine groups is 1. The first-order chi connectivity index (χ1) is 16.2. The van der Waals surface area contributed by atoms with Crippen LogP contribution in [0.15, 0.2) is 59.1 Å². The first kappa shape index (κ1) is 22.8. The normalized spacial score (nSPS) is 16.2. The summed E-state index contributed by atoms with van der Waals surface area (Å²) >= 11 is 1.47. The van der Waals surface area contributed by atoms with E-state index in [4.69, 9.17) is 16.7 Å². The van der Waals surface area contributed by atoms with Crippen LogP contribution in [0, 0.1) is 0 Å². The van der Waals surface area contributed by atoms with Crippen LogP contribution >= 0.6 is 11.3 Å². The zero-order chi connectivity index (χ0) is 23.0. The number of carbonyl (C=O) groups excluding carboxylic acids is 1. The molecule has 0 radical (unpaired) electrons. The van der Waals surface area contributed by atoms with Crippen molar-refractivity contribution in [3.05, 3.63) is 65.4 Å². The van der Waals surface area contributed by atoms with Gasteiger partial charge < -0.3 is 20.7 Å². The van der Waals surface area contributed by atoms with Crippen molar-refractivity contribution in [3.8, 4) is 0 Å². The fourth-order valence-corrected chi connectivity index (χ4v) is 4.98. The molecule has 1 atom stereocenters. The number of unbranched alkanes of at least 4 members (excludes halogenated alkanes) is 1. The van der Waals surface area contributed by atoms with Gasteiger partial charge in [0.25, 0.3) is 5.91 Å². The first-order valence-corrected chi connectivity index (χ1v) is 12.0. The number of carbonyl (C=O) groups is 1. The number of para-hydroxylation sites is 1. The molecule has 1 unspecified atom stereocenters. The molecule has 6 N–H and O–H groups in total. The standard InChI is InChI=1S/C23H30N8OS/c24-28-21(29-25)12-4-5-13-30-14-6-11-20(30)22(32)27-23-26-18(16-33-23)19-10-7-15-31(19)17-8-2-1-3-9-17/h1-3,6,8-9,11,14,16,19H,4-5,7,10,12-13,15,24-25H2,(H,28,29)(H,26,27,32). The highest BCUT2D eigenvalue weighted by molar-refractivity contribution is 7.14. The van der Waals surface area contributed by atoms with Gasteiger partial charge in [0.2, 0.25) is 0 Å². The summed E-state index contributed by atoms with van der Waals surface area (Å²) in [5.74, 6) is 11.0. The van der Waals surface area contributed by atoms with Gasteiger partial charge >= 0.3 is 0 Å². The summed E-state index contributed by atoms with van der Waals surface area (Å²) in [7, 11) is 0. The van der Waals surface area contributed by atoms with Crippen LogP contribution < -0.4 is 27.3 Å². The molecule has 0 aliphatic carbocycles. The summed E-state index contributed by atoms with van der Waals surface area (Å²) in [5, 5.41) is 9.25. The maximum atomic E-state index is 12.9. The smallest absolute Gasteiger partial charge is 0.274 e. The first-order valence-electron chi connectivity index (χ1n) is 11.2. The van der Waals surface area contributed by atoms with E-state index in [1.54, 1.807) is 0 Å². The SMILES string of the molecule is N/N=C(/CCCCn1cccc1C(=O)Nc1nc(C2CCCN2c2ccccc2)cs1)NN. The molecule has 1 amide bonds. The molecule has 174 valence electrons. The lowest BCUT2D eigenvalue weighted by Crippen LogP contribution is -2.31. The van der Waals surface area contributed by atoms with Gasteiger partial charge in [-0.3, -0.25) is 10.1 Å². The molecule has 3 aromatic rings. The fourth-order valence-electron chi connectivity index (χ4n) is 4.22. The van der Waals surface area contributed by atoms with Crippen LogP contribution in [-0.4, -0.2) is 27.8 Å². The number of amidine groups is 1. The lowest BCUT2D eigenvalue weighted by molar-refractivity contribution is 0.101. The van der Waals surface area contributed by atoms with Gasteiger partial charge in [-0.2, -0.15) is 5.10 Å². The van der Waals surface area contributed by atoms with E-state index in [-0.39, 0.29) is 11.9 Å². The molecule has 0 bridgehead atoms. The quantitative estimate of drug-likeness (QED) is 0.126. The van der Waals surface area contributed by atoms with Gasteiger partial charge in [-0.1, -0.05) is 18.2 Å². The van der Waals surface area contributed by atoms with Gasteiger partial charge in [-0.25, -0.2) is 10.8 Å². The fraction of sp³-hybridized carbons (Fsp3) is 0.348. The van der Waals surface area contributed by atoms with Crippen molar-refractivity contribution in [2.45, 2.75) is 44.7 Å². The molecule has 0 saturated carbocycles. The van der Waals surface area contributed by atoms with E-state index in [9.17, 15) is 4.79 Å². The zero-order valence-electron chi connectivity index (χ0n) is 18.5. The Morgan fingerprint density at radius 3 is 2.85 bits per heavy atom. The van der Waals surface area contributed by atoms with Crippen molar-refractivity contribution in [2.75, 3.05) is 16.8 Å². The molecule has 2 aromatic heterocycles. The van der Waals surface area contributed by atoms with Crippen LogP contribution in [0.5, 0.6) is 0 Å². The number of nitrogens with one attached hydrogen (secondary N) is 2. The van der Waals surface area contributed by atoms with Crippen molar-refractivity contribution < 1.29 is 4.79 Å². The Labute approximate surface area is 197 Å². The summed E-state index contributed by atoms with van der Waals surface area (Å²) in [4.78, 5) is 20.1. The summed E-state index contributed by atoms with van der Waals surface area (Å²) in [6.07, 6.45) is 6.50. The number of benzene rings is 1. The van der Waals surface area contributed by atoms with Gasteiger partial charge in [0.05, 0.1) is 11.7 Å². The van der Waals surface area contributed by atoms with E-state index >= 15 is 0 Å². The number of rotatable bonds is 9. The largest absolute Gasteiger partial charge is 0.363 e. The predicted octanol–water partition coefficient (Wildman–Crippen LogP) is 3.44. The molecule has 33 heavy (non-hydrogen) atoms. The average Bonchev–Trinajstić information content (AvgIpc) is 3.60. The number of aromatic nitrogens is 2. The Balaban J connectivity index is 1.35. The molecule has 1 aliphatic heterocycles. The average molecular weight is 467 g/mol. The van der Waals surface area contributed by atoms with Gasteiger partial charge in [0, 0.05) is 36.8 Å². The van der Waals surface area contributed by atoms with Crippen LogP contribution in [-0.2, 0) is 6.54 Å². The molecular weight excluding hydrogens is 436 g/mol. The van der Waals surface area contributed by atoms with E-state index in [0.717, 1.165) is 44.5 Å². The molecule has 3 heterocycles.